The van der Waals surface area contributed by atoms with E-state index in [-0.39, 0.29) is 36.5 Å². The smallest absolute Gasteiger partial charge is 0.344 e. The van der Waals surface area contributed by atoms with Crippen LogP contribution < -0.4 is 0 Å². The first-order chi connectivity index (χ1) is 21.9. The molecule has 1 rings (SSSR count). The zero-order chi connectivity index (χ0) is 35.9. The number of carboxylic acids is 3. The van der Waals surface area contributed by atoms with Crippen molar-refractivity contribution in [3.63, 3.8) is 0 Å². The van der Waals surface area contributed by atoms with Crippen molar-refractivity contribution >= 4 is 71.6 Å². The van der Waals surface area contributed by atoms with E-state index in [1.807, 2.05) is 0 Å². The van der Waals surface area contributed by atoms with E-state index < -0.39 is 107 Å². The molecule has 47 heavy (non-hydrogen) atoms. The highest BCUT2D eigenvalue weighted by Gasteiger charge is 2.59. The Labute approximate surface area is 260 Å². The minimum Gasteiger partial charge on any atom is -0.478 e. The van der Waals surface area contributed by atoms with Crippen LogP contribution in [0.2, 0.25) is 0 Å². The zero-order valence-electron chi connectivity index (χ0n) is 23.5. The third-order valence-electron chi connectivity index (χ3n) is 5.27. The number of rotatable bonds is 12. The van der Waals surface area contributed by atoms with Crippen LogP contribution in [0.15, 0.2) is 59.8 Å². The van der Waals surface area contributed by atoms with Crippen molar-refractivity contribution in [2.24, 2.45) is 5.41 Å². The molecule has 0 aliphatic heterocycles. The van der Waals surface area contributed by atoms with Gasteiger partial charge in [-0.1, -0.05) is 0 Å². The fourth-order valence-corrected chi connectivity index (χ4v) is 3.44. The number of hydrogen-bond acceptors (Lipinski definition) is 17. The van der Waals surface area contributed by atoms with Gasteiger partial charge in [-0.05, 0) is 19.3 Å². The maximum atomic E-state index is 13.4. The van der Waals surface area contributed by atoms with Crippen LogP contribution in [0.3, 0.4) is 0 Å². The molecule has 0 aromatic carbocycles. The van der Waals surface area contributed by atoms with E-state index in [9.17, 15) is 57.5 Å². The fraction of sp³-hybridized carbons (Fsp3) is 0.185. The SMILES string of the molecule is COC(=O)/C=C\C(=O)OC(=O)C1=C(C(=O)OC(=O)/C=C\C(=O)O)C(C(=O)OC(=O)/C=C\C(=O)O)(C(=O)OC(=O)/C=C\C(=O)O)CCC1. The molecule has 0 saturated heterocycles. The third-order valence-corrected chi connectivity index (χ3v) is 5.27. The lowest BCUT2D eigenvalue weighted by Gasteiger charge is -2.33. The van der Waals surface area contributed by atoms with E-state index in [1.54, 1.807) is 0 Å². The minimum atomic E-state index is -3.44. The Bertz CT molecular complexity index is 1530. The summed E-state index contributed by atoms with van der Waals surface area (Å²) in [6.07, 6.45) is -0.286. The van der Waals surface area contributed by atoms with E-state index in [0.29, 0.717) is 12.2 Å². The number of ether oxygens (including phenoxy) is 5. The molecule has 0 aromatic heterocycles. The van der Waals surface area contributed by atoms with Crippen molar-refractivity contribution in [2.75, 3.05) is 7.11 Å². The summed E-state index contributed by atoms with van der Waals surface area (Å²) >= 11 is 0. The van der Waals surface area contributed by atoms with E-state index >= 15 is 0 Å². The second-order valence-electron chi connectivity index (χ2n) is 8.32. The molecule has 248 valence electrons. The van der Waals surface area contributed by atoms with Crippen molar-refractivity contribution in [1.29, 1.82) is 0 Å². The van der Waals surface area contributed by atoms with Gasteiger partial charge in [0.1, 0.15) is 0 Å². The number of aliphatic carboxylic acids is 3. The van der Waals surface area contributed by atoms with Gasteiger partial charge >= 0.3 is 71.6 Å². The standard InChI is InChI=1S/C27H20O20/c1-43-17(34)10-11-19(36)44-23(39)13-3-2-12-27(25(41)46-20(37)8-5-15(30)31,26(42)47-21(38)9-6-16(32)33)22(13)24(40)45-18(35)7-4-14(28)29/h4-11H,2-3,12H2,1H3,(H,28,29)(H,30,31)(H,32,33)/b7-4-,8-5-,9-6-,11-10-. The molecule has 0 aromatic rings. The van der Waals surface area contributed by atoms with Gasteiger partial charge in [-0.15, -0.1) is 0 Å². The highest BCUT2D eigenvalue weighted by atomic mass is 16.6. The Balaban J connectivity index is 3.98. The van der Waals surface area contributed by atoms with E-state index in [0.717, 1.165) is 7.11 Å². The van der Waals surface area contributed by atoms with Gasteiger partial charge in [0.15, 0.2) is 5.41 Å². The number of carboxylic acid groups (broad SMARTS) is 3. The Kier molecular flexibility index (Phi) is 14.2. The average molecular weight is 664 g/mol. The molecule has 0 bridgehead atoms. The summed E-state index contributed by atoms with van der Waals surface area (Å²) in [4.78, 5) is 145. The summed E-state index contributed by atoms with van der Waals surface area (Å²) in [7, 11) is 0.934. The maximum absolute atomic E-state index is 13.4. The van der Waals surface area contributed by atoms with Crippen LogP contribution in [-0.4, -0.2) is 94.1 Å². The van der Waals surface area contributed by atoms with Crippen molar-refractivity contribution in [3.8, 4) is 0 Å². The van der Waals surface area contributed by atoms with Crippen LogP contribution in [0.5, 0.6) is 0 Å². The quantitative estimate of drug-likeness (QED) is 0.0913. The van der Waals surface area contributed by atoms with Gasteiger partial charge in [0.2, 0.25) is 0 Å². The predicted octanol–water partition coefficient (Wildman–Crippen LogP) is -1.62. The van der Waals surface area contributed by atoms with Crippen molar-refractivity contribution in [2.45, 2.75) is 19.3 Å². The normalized spacial score (nSPS) is 14.0. The number of methoxy groups -OCH3 is 1. The second kappa shape index (κ2) is 17.4. The number of carbonyl (C=O) groups excluding carboxylic acids is 9. The van der Waals surface area contributed by atoms with Crippen molar-refractivity contribution < 1.29 is 96.5 Å². The van der Waals surface area contributed by atoms with Gasteiger partial charge in [-0.3, -0.25) is 0 Å². The maximum Gasteiger partial charge on any atom is 0.344 e. The van der Waals surface area contributed by atoms with Gasteiger partial charge in [0.25, 0.3) is 0 Å². The van der Waals surface area contributed by atoms with E-state index in [4.69, 9.17) is 15.3 Å². The summed E-state index contributed by atoms with van der Waals surface area (Å²) in [5.41, 5.74) is -6.08. The summed E-state index contributed by atoms with van der Waals surface area (Å²) in [6, 6.07) is 0. The molecule has 1 aliphatic carbocycles. The largest absolute Gasteiger partial charge is 0.478 e. The third kappa shape index (κ3) is 11.6. The second-order valence-corrected chi connectivity index (χ2v) is 8.32. The van der Waals surface area contributed by atoms with Crippen LogP contribution >= 0.6 is 0 Å². The molecule has 20 nitrogen and oxygen atoms in total. The highest BCUT2D eigenvalue weighted by Crippen LogP contribution is 2.44. The van der Waals surface area contributed by atoms with Gasteiger partial charge < -0.3 is 39.0 Å². The van der Waals surface area contributed by atoms with Crippen LogP contribution in [0.1, 0.15) is 19.3 Å². The van der Waals surface area contributed by atoms with Gasteiger partial charge in [-0.25, -0.2) is 57.5 Å². The highest BCUT2D eigenvalue weighted by molar-refractivity contribution is 6.20. The van der Waals surface area contributed by atoms with Crippen molar-refractivity contribution in [1.82, 2.24) is 0 Å². The summed E-state index contributed by atoms with van der Waals surface area (Å²) in [5, 5.41) is 26.1. The molecule has 0 fully saturated rings. The molecule has 0 atom stereocenters. The minimum absolute atomic E-state index is 0.159. The van der Waals surface area contributed by atoms with Gasteiger partial charge in [0, 0.05) is 54.2 Å². The summed E-state index contributed by atoms with van der Waals surface area (Å²) in [6.45, 7) is 0. The Morgan fingerprint density at radius 3 is 1.30 bits per heavy atom. The number of carbonyl (C=O) groups is 12. The average Bonchev–Trinajstić information content (AvgIpc) is 2.99. The lowest BCUT2D eigenvalue weighted by molar-refractivity contribution is -0.178. The monoisotopic (exact) mass is 664 g/mol. The van der Waals surface area contributed by atoms with Gasteiger partial charge in [0.05, 0.1) is 12.7 Å². The molecule has 0 spiro atoms. The van der Waals surface area contributed by atoms with E-state index in [2.05, 4.69) is 23.7 Å². The summed E-state index contributed by atoms with van der Waals surface area (Å²) < 4.78 is 22.0. The van der Waals surface area contributed by atoms with Crippen LogP contribution in [0.4, 0.5) is 0 Å². The molecule has 0 radical (unpaired) electrons. The fourth-order valence-electron chi connectivity index (χ4n) is 3.44. The molecule has 3 N–H and O–H groups in total. The molecule has 0 unspecified atom stereocenters. The lowest BCUT2D eigenvalue weighted by atomic mass is 9.69. The number of esters is 9. The van der Waals surface area contributed by atoms with Crippen LogP contribution in [-0.2, 0) is 81.2 Å². The molecule has 0 heterocycles. The molecular weight excluding hydrogens is 644 g/mol. The molecule has 20 heteroatoms. The first kappa shape index (κ1) is 38.2. The Hall–Kier alpha value is -6.86. The first-order valence-electron chi connectivity index (χ1n) is 12.2. The van der Waals surface area contributed by atoms with Crippen LogP contribution in [0.25, 0.3) is 0 Å². The van der Waals surface area contributed by atoms with Crippen LogP contribution in [0, 0.1) is 5.41 Å². The van der Waals surface area contributed by atoms with Gasteiger partial charge in [-0.2, -0.15) is 0 Å². The number of hydrogen-bond donors (Lipinski definition) is 3. The topological polar surface area (TPSA) is 312 Å². The Morgan fingerprint density at radius 2 is 0.894 bits per heavy atom. The first-order valence-corrected chi connectivity index (χ1v) is 12.2. The molecule has 0 amide bonds. The van der Waals surface area contributed by atoms with E-state index in [1.165, 1.54) is 0 Å². The molecule has 1 aliphatic rings. The predicted molar refractivity (Wildman–Crippen MR) is 139 cm³/mol. The summed E-state index contributed by atoms with van der Waals surface area (Å²) in [5.74, 6) is -21.4. The van der Waals surface area contributed by atoms with Crippen molar-refractivity contribution in [3.05, 3.63) is 59.8 Å². The molecule has 0 saturated carbocycles. The lowest BCUT2D eigenvalue weighted by Crippen LogP contribution is -2.50. The zero-order valence-corrected chi connectivity index (χ0v) is 23.5. The molecular formula is C27H20O20. The Morgan fingerprint density at radius 1 is 0.532 bits per heavy atom.